The highest BCUT2D eigenvalue weighted by Crippen LogP contribution is 2.28. The van der Waals surface area contributed by atoms with E-state index in [4.69, 9.17) is 14.6 Å². The maximum Gasteiger partial charge on any atom is 0.341 e. The number of aromatic nitrogens is 2. The Kier molecular flexibility index (Phi) is 5.99. The number of rotatable bonds is 8. The molecule has 2 aromatic rings. The van der Waals surface area contributed by atoms with Crippen LogP contribution in [0, 0.1) is 6.92 Å². The van der Waals surface area contributed by atoms with E-state index >= 15 is 0 Å². The number of nitrogens with one attached hydrogen (secondary N) is 1. The summed E-state index contributed by atoms with van der Waals surface area (Å²) in [6.45, 7) is 3.96. The van der Waals surface area contributed by atoms with Gasteiger partial charge < -0.3 is 19.9 Å². The topological polar surface area (TPSA) is 103 Å². The van der Waals surface area contributed by atoms with E-state index in [1.165, 1.54) is 12.1 Å². The number of hydrogen-bond donors (Lipinski definition) is 2. The summed E-state index contributed by atoms with van der Waals surface area (Å²) in [5.74, 6) is -0.747. The minimum Gasteiger partial charge on any atom is -0.490 e. The zero-order valence-electron chi connectivity index (χ0n) is 14.4. The van der Waals surface area contributed by atoms with Crippen molar-refractivity contribution in [1.29, 1.82) is 0 Å². The highest BCUT2D eigenvalue weighted by molar-refractivity contribution is 5.94. The summed E-state index contributed by atoms with van der Waals surface area (Å²) in [4.78, 5) is 23.0. The van der Waals surface area contributed by atoms with E-state index in [0.717, 1.165) is 11.3 Å². The third-order valence-corrected chi connectivity index (χ3v) is 3.63. The van der Waals surface area contributed by atoms with E-state index < -0.39 is 12.6 Å². The van der Waals surface area contributed by atoms with Crippen molar-refractivity contribution in [2.45, 2.75) is 20.4 Å². The molecule has 0 fully saturated rings. The van der Waals surface area contributed by atoms with Gasteiger partial charge in [-0.05, 0) is 32.0 Å². The number of aliphatic carboxylic acids is 1. The molecule has 0 radical (unpaired) electrons. The van der Waals surface area contributed by atoms with Crippen LogP contribution in [-0.4, -0.2) is 40.0 Å². The highest BCUT2D eigenvalue weighted by Gasteiger charge is 2.13. The Balaban J connectivity index is 2.09. The van der Waals surface area contributed by atoms with Crippen LogP contribution in [0.25, 0.3) is 0 Å². The summed E-state index contributed by atoms with van der Waals surface area (Å²) in [5.41, 5.74) is 2.31. The largest absolute Gasteiger partial charge is 0.490 e. The molecular formula is C17H21N3O5. The number of hydrogen-bond acceptors (Lipinski definition) is 5. The molecule has 0 bridgehead atoms. The van der Waals surface area contributed by atoms with Crippen LogP contribution in [0.15, 0.2) is 24.4 Å². The minimum absolute atomic E-state index is 0.269. The quantitative estimate of drug-likeness (QED) is 0.750. The first-order valence-corrected chi connectivity index (χ1v) is 7.79. The van der Waals surface area contributed by atoms with Gasteiger partial charge in [0.2, 0.25) is 0 Å². The van der Waals surface area contributed by atoms with Crippen molar-refractivity contribution in [3.8, 4) is 11.5 Å². The van der Waals surface area contributed by atoms with Gasteiger partial charge in [0.1, 0.15) is 0 Å². The van der Waals surface area contributed by atoms with Crippen molar-refractivity contribution in [2.75, 3.05) is 13.2 Å². The average Bonchev–Trinajstić information content (AvgIpc) is 2.90. The Morgan fingerprint density at radius 3 is 2.64 bits per heavy atom. The number of benzene rings is 1. The predicted octanol–water partition coefficient (Wildman–Crippen LogP) is 1.52. The summed E-state index contributed by atoms with van der Waals surface area (Å²) in [5, 5.41) is 15.7. The number of ether oxygens (including phenoxy) is 2. The number of carboxylic acids is 1. The lowest BCUT2D eigenvalue weighted by Gasteiger charge is -2.12. The van der Waals surface area contributed by atoms with Gasteiger partial charge in [0, 0.05) is 30.4 Å². The van der Waals surface area contributed by atoms with Gasteiger partial charge in [0.25, 0.3) is 5.91 Å². The lowest BCUT2D eigenvalue weighted by Crippen LogP contribution is -2.23. The van der Waals surface area contributed by atoms with Gasteiger partial charge in [-0.15, -0.1) is 0 Å². The fourth-order valence-corrected chi connectivity index (χ4v) is 2.17. The van der Waals surface area contributed by atoms with Crippen LogP contribution in [0.5, 0.6) is 11.5 Å². The Labute approximate surface area is 145 Å². The summed E-state index contributed by atoms with van der Waals surface area (Å²) < 4.78 is 12.3. The molecular weight excluding hydrogens is 326 g/mol. The number of nitrogens with zero attached hydrogens (tertiary/aromatic N) is 2. The molecule has 134 valence electrons. The molecule has 0 saturated heterocycles. The number of aryl methyl sites for hydroxylation is 1. The molecule has 8 heteroatoms. The van der Waals surface area contributed by atoms with Gasteiger partial charge in [0.05, 0.1) is 12.8 Å². The van der Waals surface area contributed by atoms with Crippen LogP contribution in [0.2, 0.25) is 0 Å². The minimum atomic E-state index is -1.09. The molecule has 1 heterocycles. The smallest absolute Gasteiger partial charge is 0.341 e. The summed E-state index contributed by atoms with van der Waals surface area (Å²) in [6.07, 6.45) is 1.71. The molecule has 2 N–H and O–H groups in total. The number of carbonyl (C=O) groups excluding carboxylic acids is 1. The van der Waals surface area contributed by atoms with Crippen LogP contribution < -0.4 is 14.8 Å². The van der Waals surface area contributed by atoms with E-state index in [1.807, 2.05) is 14.0 Å². The van der Waals surface area contributed by atoms with Crippen molar-refractivity contribution < 1.29 is 24.2 Å². The molecule has 0 atom stereocenters. The van der Waals surface area contributed by atoms with E-state index in [0.29, 0.717) is 24.5 Å². The van der Waals surface area contributed by atoms with Crippen molar-refractivity contribution >= 4 is 11.9 Å². The molecule has 1 aromatic heterocycles. The maximum absolute atomic E-state index is 12.3. The zero-order valence-corrected chi connectivity index (χ0v) is 14.4. The molecule has 0 unspecified atom stereocenters. The summed E-state index contributed by atoms with van der Waals surface area (Å²) in [6, 6.07) is 4.62. The molecule has 25 heavy (non-hydrogen) atoms. The predicted molar refractivity (Wildman–Crippen MR) is 89.9 cm³/mol. The number of amides is 1. The SMILES string of the molecule is CCOc1cc(C(=O)NCc2cnn(C)c2C)ccc1OCC(=O)O. The third kappa shape index (κ3) is 4.72. The Bertz CT molecular complexity index is 770. The van der Waals surface area contributed by atoms with Crippen LogP contribution in [-0.2, 0) is 18.4 Å². The van der Waals surface area contributed by atoms with Crippen molar-refractivity contribution in [2.24, 2.45) is 7.05 Å². The number of carboxylic acid groups (broad SMARTS) is 1. The molecule has 0 aliphatic heterocycles. The molecule has 1 amide bonds. The number of carbonyl (C=O) groups is 2. The van der Waals surface area contributed by atoms with Gasteiger partial charge in [-0.1, -0.05) is 0 Å². The maximum atomic E-state index is 12.3. The van der Waals surface area contributed by atoms with E-state index in [1.54, 1.807) is 23.9 Å². The molecule has 0 saturated carbocycles. The lowest BCUT2D eigenvalue weighted by molar-refractivity contribution is -0.139. The van der Waals surface area contributed by atoms with Gasteiger partial charge in [0.15, 0.2) is 18.1 Å². The van der Waals surface area contributed by atoms with Crippen molar-refractivity contribution in [3.63, 3.8) is 0 Å². The van der Waals surface area contributed by atoms with Crippen LogP contribution in [0.4, 0.5) is 0 Å². The molecule has 0 aliphatic rings. The second-order valence-corrected chi connectivity index (χ2v) is 5.34. The van der Waals surface area contributed by atoms with E-state index in [-0.39, 0.29) is 11.7 Å². The second-order valence-electron chi connectivity index (χ2n) is 5.34. The van der Waals surface area contributed by atoms with Gasteiger partial charge in [-0.2, -0.15) is 5.10 Å². The molecule has 1 aromatic carbocycles. The molecule has 0 aliphatic carbocycles. The first kappa shape index (κ1) is 18.3. The third-order valence-electron chi connectivity index (χ3n) is 3.63. The van der Waals surface area contributed by atoms with Gasteiger partial charge in [-0.3, -0.25) is 9.48 Å². The summed E-state index contributed by atoms with van der Waals surface area (Å²) in [7, 11) is 1.84. The standard InChI is InChI=1S/C17H21N3O5/c1-4-24-15-7-12(5-6-14(15)25-10-16(21)22)17(23)18-8-13-9-19-20(3)11(13)2/h5-7,9H,4,8,10H2,1-3H3,(H,18,23)(H,21,22). The van der Waals surface area contributed by atoms with E-state index in [2.05, 4.69) is 10.4 Å². The average molecular weight is 347 g/mol. The van der Waals surface area contributed by atoms with Crippen LogP contribution >= 0.6 is 0 Å². The Morgan fingerprint density at radius 1 is 1.28 bits per heavy atom. The first-order valence-electron chi connectivity index (χ1n) is 7.79. The van der Waals surface area contributed by atoms with Crippen LogP contribution in [0.1, 0.15) is 28.5 Å². The lowest BCUT2D eigenvalue weighted by atomic mass is 10.1. The van der Waals surface area contributed by atoms with Crippen LogP contribution in [0.3, 0.4) is 0 Å². The Morgan fingerprint density at radius 2 is 2.04 bits per heavy atom. The highest BCUT2D eigenvalue weighted by atomic mass is 16.5. The van der Waals surface area contributed by atoms with Crippen molar-refractivity contribution in [1.82, 2.24) is 15.1 Å². The van der Waals surface area contributed by atoms with Gasteiger partial charge in [-0.25, -0.2) is 4.79 Å². The van der Waals surface area contributed by atoms with Gasteiger partial charge >= 0.3 is 5.97 Å². The summed E-state index contributed by atoms with van der Waals surface area (Å²) >= 11 is 0. The normalized spacial score (nSPS) is 10.4. The fraction of sp³-hybridized carbons (Fsp3) is 0.353. The monoisotopic (exact) mass is 347 g/mol. The van der Waals surface area contributed by atoms with Crippen molar-refractivity contribution in [3.05, 3.63) is 41.2 Å². The molecule has 8 nitrogen and oxygen atoms in total. The Hall–Kier alpha value is -3.03. The fourth-order valence-electron chi connectivity index (χ4n) is 2.17. The molecule has 2 rings (SSSR count). The molecule has 0 spiro atoms. The van der Waals surface area contributed by atoms with E-state index in [9.17, 15) is 9.59 Å². The first-order chi connectivity index (χ1) is 11.9. The zero-order chi connectivity index (χ0) is 18.4. The second kappa shape index (κ2) is 8.18.